The van der Waals surface area contributed by atoms with Crippen molar-refractivity contribution in [2.45, 2.75) is 4.90 Å². The van der Waals surface area contributed by atoms with Gasteiger partial charge >= 0.3 is 10.1 Å². The monoisotopic (exact) mass is 276 g/mol. The molecule has 0 bridgehead atoms. The molecule has 0 saturated carbocycles. The third-order valence-corrected chi connectivity index (χ3v) is 3.23. The van der Waals surface area contributed by atoms with Gasteiger partial charge in [-0.3, -0.25) is 4.28 Å². The van der Waals surface area contributed by atoms with E-state index in [4.69, 9.17) is 9.68 Å². The van der Waals surface area contributed by atoms with Gasteiger partial charge in [0, 0.05) is 6.07 Å². The fourth-order valence-corrected chi connectivity index (χ4v) is 1.97. The Morgan fingerprint density at radius 3 is 2.68 bits per heavy atom. The van der Waals surface area contributed by atoms with Crippen molar-refractivity contribution in [3.05, 3.63) is 54.0 Å². The topological polar surface area (TPSA) is 92.7 Å². The summed E-state index contributed by atoms with van der Waals surface area (Å²) in [6.07, 6.45) is 2.30. The number of hydrogen-bond donors (Lipinski definition) is 0. The molecule has 2 aromatic rings. The van der Waals surface area contributed by atoms with Gasteiger partial charge in [0.15, 0.2) is 0 Å². The van der Waals surface area contributed by atoms with Crippen LogP contribution in [0.3, 0.4) is 0 Å². The standard InChI is InChI=1S/C12H8N2O4S/c13-7-10-6-11(17-9-10)8-14-18-19(15,16)12-4-2-1-3-5-12/h1-6,8-9H/b14-8+. The van der Waals surface area contributed by atoms with Gasteiger partial charge in [0.1, 0.15) is 29.2 Å². The van der Waals surface area contributed by atoms with Gasteiger partial charge in [0.05, 0.1) is 5.56 Å². The van der Waals surface area contributed by atoms with Crippen LogP contribution in [-0.2, 0) is 14.4 Å². The molecule has 0 aliphatic rings. The summed E-state index contributed by atoms with van der Waals surface area (Å²) in [6.45, 7) is 0. The number of oxime groups is 1. The fourth-order valence-electron chi connectivity index (χ4n) is 1.24. The van der Waals surface area contributed by atoms with E-state index in [1.807, 2.05) is 6.07 Å². The molecule has 2 rings (SSSR count). The van der Waals surface area contributed by atoms with Crippen LogP contribution >= 0.6 is 0 Å². The maximum Gasteiger partial charge on any atom is 0.358 e. The van der Waals surface area contributed by atoms with E-state index in [1.165, 1.54) is 24.5 Å². The fraction of sp³-hybridized carbons (Fsp3) is 0. The molecule has 0 unspecified atom stereocenters. The highest BCUT2D eigenvalue weighted by Gasteiger charge is 2.14. The molecule has 1 aromatic carbocycles. The first kappa shape index (κ1) is 12.9. The van der Waals surface area contributed by atoms with Crippen LogP contribution in [-0.4, -0.2) is 14.6 Å². The SMILES string of the molecule is N#Cc1coc(/C=N/OS(=O)(=O)c2ccccc2)c1. The van der Waals surface area contributed by atoms with Crippen LogP contribution in [0.1, 0.15) is 11.3 Å². The lowest BCUT2D eigenvalue weighted by Crippen LogP contribution is -2.02. The lowest BCUT2D eigenvalue weighted by Gasteiger charge is -1.99. The minimum atomic E-state index is -3.93. The third-order valence-electron chi connectivity index (χ3n) is 2.10. The zero-order chi connectivity index (χ0) is 13.7. The summed E-state index contributed by atoms with van der Waals surface area (Å²) in [4.78, 5) is 0.00399. The van der Waals surface area contributed by atoms with E-state index < -0.39 is 10.1 Å². The molecule has 7 heteroatoms. The van der Waals surface area contributed by atoms with Crippen LogP contribution in [0.2, 0.25) is 0 Å². The van der Waals surface area contributed by atoms with Gasteiger partial charge in [-0.15, -0.1) is 0 Å². The minimum Gasteiger partial charge on any atom is -0.462 e. The second kappa shape index (κ2) is 5.37. The molecule has 0 N–H and O–H groups in total. The zero-order valence-electron chi connectivity index (χ0n) is 9.55. The van der Waals surface area contributed by atoms with E-state index in [0.717, 1.165) is 6.21 Å². The summed E-state index contributed by atoms with van der Waals surface area (Å²) in [6, 6.07) is 10.9. The molecule has 96 valence electrons. The van der Waals surface area contributed by atoms with E-state index >= 15 is 0 Å². The Kier molecular flexibility index (Phi) is 3.63. The molecule has 0 aliphatic carbocycles. The Bertz CT molecular complexity index is 727. The highest BCUT2D eigenvalue weighted by molar-refractivity contribution is 7.86. The number of hydrogen-bond acceptors (Lipinski definition) is 6. The van der Waals surface area contributed by atoms with Crippen LogP contribution in [0.4, 0.5) is 0 Å². The molecule has 0 fully saturated rings. The van der Waals surface area contributed by atoms with Crippen molar-refractivity contribution in [3.8, 4) is 6.07 Å². The Morgan fingerprint density at radius 1 is 1.32 bits per heavy atom. The quantitative estimate of drug-likeness (QED) is 0.628. The lowest BCUT2D eigenvalue weighted by atomic mass is 10.3. The van der Waals surface area contributed by atoms with Crippen molar-refractivity contribution in [1.29, 1.82) is 5.26 Å². The molecular formula is C12H8N2O4S. The van der Waals surface area contributed by atoms with Crippen LogP contribution < -0.4 is 0 Å². The van der Waals surface area contributed by atoms with Gasteiger partial charge in [0.2, 0.25) is 0 Å². The smallest absolute Gasteiger partial charge is 0.358 e. The van der Waals surface area contributed by atoms with Gasteiger partial charge in [-0.25, -0.2) is 0 Å². The molecular weight excluding hydrogens is 268 g/mol. The number of nitrogens with zero attached hydrogens (tertiary/aromatic N) is 2. The number of furan rings is 1. The first-order chi connectivity index (χ1) is 9.12. The number of benzene rings is 1. The van der Waals surface area contributed by atoms with Crippen molar-refractivity contribution in [2.75, 3.05) is 0 Å². The average molecular weight is 276 g/mol. The second-order valence-electron chi connectivity index (χ2n) is 3.43. The van der Waals surface area contributed by atoms with Crippen molar-refractivity contribution >= 4 is 16.3 Å². The van der Waals surface area contributed by atoms with E-state index in [1.54, 1.807) is 18.2 Å². The lowest BCUT2D eigenvalue weighted by molar-refractivity contribution is 0.340. The highest BCUT2D eigenvalue weighted by Crippen LogP contribution is 2.11. The molecule has 0 amide bonds. The zero-order valence-corrected chi connectivity index (χ0v) is 10.4. The van der Waals surface area contributed by atoms with Crippen LogP contribution in [0, 0.1) is 11.3 Å². The molecule has 1 heterocycles. The first-order valence-corrected chi connectivity index (χ1v) is 6.53. The highest BCUT2D eigenvalue weighted by atomic mass is 32.2. The Labute approximate surface area is 109 Å². The number of rotatable bonds is 4. The van der Waals surface area contributed by atoms with Crippen molar-refractivity contribution in [2.24, 2.45) is 5.16 Å². The minimum absolute atomic E-state index is 0.00399. The van der Waals surface area contributed by atoms with Crippen LogP contribution in [0.5, 0.6) is 0 Å². The van der Waals surface area contributed by atoms with Crippen molar-refractivity contribution in [1.82, 2.24) is 0 Å². The van der Waals surface area contributed by atoms with Gasteiger partial charge in [0.25, 0.3) is 0 Å². The largest absolute Gasteiger partial charge is 0.462 e. The number of nitriles is 1. The van der Waals surface area contributed by atoms with E-state index in [2.05, 4.69) is 9.44 Å². The van der Waals surface area contributed by atoms with Gasteiger partial charge in [-0.1, -0.05) is 23.4 Å². The van der Waals surface area contributed by atoms with E-state index in [0.29, 0.717) is 5.56 Å². The summed E-state index contributed by atoms with van der Waals surface area (Å²) in [5.41, 5.74) is 0.312. The average Bonchev–Trinajstić information content (AvgIpc) is 2.87. The molecule has 0 spiro atoms. The molecule has 0 aliphatic heterocycles. The Morgan fingerprint density at radius 2 is 2.05 bits per heavy atom. The maximum atomic E-state index is 11.7. The summed E-state index contributed by atoms with van der Waals surface area (Å²) < 4.78 is 32.7. The Balaban J connectivity index is 2.08. The molecule has 19 heavy (non-hydrogen) atoms. The second-order valence-corrected chi connectivity index (χ2v) is 4.95. The first-order valence-electron chi connectivity index (χ1n) is 5.12. The molecule has 6 nitrogen and oxygen atoms in total. The summed E-state index contributed by atoms with van der Waals surface area (Å²) in [5.74, 6) is 0.222. The van der Waals surface area contributed by atoms with E-state index in [-0.39, 0.29) is 10.7 Å². The molecule has 0 saturated heterocycles. The predicted molar refractivity (Wildman–Crippen MR) is 65.7 cm³/mol. The summed E-state index contributed by atoms with van der Waals surface area (Å²) in [5, 5.41) is 11.9. The predicted octanol–water partition coefficient (Wildman–Crippen LogP) is 1.89. The molecule has 1 aromatic heterocycles. The third kappa shape index (κ3) is 3.20. The van der Waals surface area contributed by atoms with Gasteiger partial charge in [-0.2, -0.15) is 13.7 Å². The van der Waals surface area contributed by atoms with Gasteiger partial charge in [-0.05, 0) is 12.1 Å². The van der Waals surface area contributed by atoms with Crippen molar-refractivity contribution in [3.63, 3.8) is 0 Å². The Hall–Kier alpha value is -2.59. The van der Waals surface area contributed by atoms with E-state index in [9.17, 15) is 8.42 Å². The van der Waals surface area contributed by atoms with Crippen LogP contribution in [0.15, 0.2) is 57.1 Å². The molecule has 0 radical (unpaired) electrons. The van der Waals surface area contributed by atoms with Crippen molar-refractivity contribution < 1.29 is 17.1 Å². The molecule has 0 atom stereocenters. The van der Waals surface area contributed by atoms with Gasteiger partial charge < -0.3 is 4.42 Å². The van der Waals surface area contributed by atoms with Crippen LogP contribution in [0.25, 0.3) is 0 Å². The summed E-state index contributed by atoms with van der Waals surface area (Å²) in [7, 11) is -3.93. The summed E-state index contributed by atoms with van der Waals surface area (Å²) >= 11 is 0. The normalized spacial score (nSPS) is 11.3. The maximum absolute atomic E-state index is 11.7.